The molecule has 156 valence electrons. The minimum absolute atomic E-state index is 0. The van der Waals surface area contributed by atoms with Crippen LogP contribution in [-0.4, -0.2) is 37.2 Å². The van der Waals surface area contributed by atoms with E-state index < -0.39 is 0 Å². The smallest absolute Gasteiger partial charge is 0.191 e. The largest absolute Gasteiger partial charge is 0.497 e. The van der Waals surface area contributed by atoms with Crippen molar-refractivity contribution >= 4 is 41.3 Å². The molecular formula is C20H31IN4O2S. The Morgan fingerprint density at radius 1 is 1.21 bits per heavy atom. The Morgan fingerprint density at radius 2 is 1.96 bits per heavy atom. The Bertz CT molecular complexity index is 737. The maximum Gasteiger partial charge on any atom is 0.191 e. The molecule has 28 heavy (non-hydrogen) atoms. The van der Waals surface area contributed by atoms with Gasteiger partial charge in [-0.1, -0.05) is 19.9 Å². The Balaban J connectivity index is 0.00000392. The van der Waals surface area contributed by atoms with Crippen molar-refractivity contribution in [3.8, 4) is 11.5 Å². The molecule has 0 radical (unpaired) electrons. The molecule has 1 atom stereocenters. The molecule has 0 spiro atoms. The van der Waals surface area contributed by atoms with Gasteiger partial charge in [-0.15, -0.1) is 35.3 Å². The predicted octanol–water partition coefficient (Wildman–Crippen LogP) is 4.42. The van der Waals surface area contributed by atoms with E-state index in [-0.39, 0.29) is 30.1 Å². The maximum atomic E-state index is 5.94. The van der Waals surface area contributed by atoms with Crippen LogP contribution in [0.25, 0.3) is 0 Å². The summed E-state index contributed by atoms with van der Waals surface area (Å²) < 4.78 is 11.2. The van der Waals surface area contributed by atoms with Crippen LogP contribution >= 0.6 is 35.3 Å². The second kappa shape index (κ2) is 12.8. The third kappa shape index (κ3) is 8.22. The molecule has 0 saturated carbocycles. The lowest BCUT2D eigenvalue weighted by atomic mass is 10.2. The number of methoxy groups -OCH3 is 1. The molecule has 1 unspecified atom stereocenters. The predicted molar refractivity (Wildman–Crippen MR) is 128 cm³/mol. The molecule has 2 rings (SSSR count). The number of guanidine groups is 1. The average molecular weight is 518 g/mol. The number of hydrogen-bond donors (Lipinski definition) is 2. The first-order valence-corrected chi connectivity index (χ1v) is 10.2. The van der Waals surface area contributed by atoms with Gasteiger partial charge in [0.25, 0.3) is 0 Å². The lowest BCUT2D eigenvalue weighted by molar-refractivity contribution is 0.223. The third-order valence-electron chi connectivity index (χ3n) is 3.74. The highest BCUT2D eigenvalue weighted by molar-refractivity contribution is 14.0. The van der Waals surface area contributed by atoms with Crippen molar-refractivity contribution in [3.63, 3.8) is 0 Å². The van der Waals surface area contributed by atoms with Crippen LogP contribution in [0.3, 0.4) is 0 Å². The minimum atomic E-state index is -0.0206. The van der Waals surface area contributed by atoms with Crippen LogP contribution in [-0.2, 0) is 6.54 Å². The van der Waals surface area contributed by atoms with Gasteiger partial charge in [0.15, 0.2) is 5.96 Å². The second-order valence-electron chi connectivity index (χ2n) is 6.52. The molecule has 1 heterocycles. The summed E-state index contributed by atoms with van der Waals surface area (Å²) in [4.78, 5) is 9.25. The van der Waals surface area contributed by atoms with Crippen molar-refractivity contribution in [1.82, 2.24) is 15.6 Å². The van der Waals surface area contributed by atoms with Gasteiger partial charge in [-0.05, 0) is 26.0 Å². The zero-order chi connectivity index (χ0) is 19.6. The van der Waals surface area contributed by atoms with Crippen LogP contribution in [0.5, 0.6) is 11.5 Å². The molecule has 2 aromatic rings. The molecule has 0 aliphatic rings. The number of nitrogens with zero attached hydrogens (tertiary/aromatic N) is 2. The van der Waals surface area contributed by atoms with Crippen LogP contribution < -0.4 is 20.1 Å². The molecule has 0 amide bonds. The summed E-state index contributed by atoms with van der Waals surface area (Å²) in [7, 11) is 1.65. The number of benzene rings is 1. The lowest BCUT2D eigenvalue weighted by Gasteiger charge is -2.18. The topological polar surface area (TPSA) is 67.8 Å². The maximum absolute atomic E-state index is 5.94. The number of nitrogens with one attached hydrogen (secondary N) is 2. The highest BCUT2D eigenvalue weighted by atomic mass is 127. The normalized spacial score (nSPS) is 12.3. The summed E-state index contributed by atoms with van der Waals surface area (Å²) in [5.41, 5.74) is 1.00. The highest BCUT2D eigenvalue weighted by Gasteiger charge is 2.08. The van der Waals surface area contributed by atoms with Crippen LogP contribution in [0.1, 0.15) is 44.3 Å². The van der Waals surface area contributed by atoms with Gasteiger partial charge in [0, 0.05) is 23.9 Å². The molecule has 0 bridgehead atoms. The Labute approximate surface area is 189 Å². The first-order valence-electron chi connectivity index (χ1n) is 9.29. The van der Waals surface area contributed by atoms with Crippen LogP contribution in [0.4, 0.5) is 0 Å². The summed E-state index contributed by atoms with van der Waals surface area (Å²) in [6.07, 6.45) is -0.0206. The van der Waals surface area contributed by atoms with Gasteiger partial charge in [0.2, 0.25) is 0 Å². The number of halogens is 1. The Hall–Kier alpha value is -1.55. The molecule has 0 aliphatic heterocycles. The molecule has 1 aromatic heterocycles. The highest BCUT2D eigenvalue weighted by Crippen LogP contribution is 2.20. The number of thiazole rings is 1. The van der Waals surface area contributed by atoms with Crippen molar-refractivity contribution in [1.29, 1.82) is 0 Å². The fraction of sp³-hybridized carbons (Fsp3) is 0.500. The van der Waals surface area contributed by atoms with Gasteiger partial charge in [0.1, 0.15) is 17.6 Å². The number of aliphatic imine (C=N–C) groups is 1. The van der Waals surface area contributed by atoms with Crippen molar-refractivity contribution in [2.75, 3.05) is 20.2 Å². The molecule has 0 fully saturated rings. The molecule has 6 nitrogen and oxygen atoms in total. The van der Waals surface area contributed by atoms with E-state index in [1.54, 1.807) is 18.4 Å². The van der Waals surface area contributed by atoms with Crippen molar-refractivity contribution in [3.05, 3.63) is 40.3 Å². The lowest BCUT2D eigenvalue weighted by Crippen LogP contribution is -2.41. The number of aromatic nitrogens is 1. The summed E-state index contributed by atoms with van der Waals surface area (Å²) in [5.74, 6) is 2.78. The molecule has 0 aliphatic carbocycles. The van der Waals surface area contributed by atoms with Gasteiger partial charge in [-0.3, -0.25) is 0 Å². The standard InChI is InChI=1S/C20H30N4O2S.HI/c1-6-21-20(23-12-16-13-27-19(24-16)14(2)3)22-11-15(4)26-18-9-7-8-17(10-18)25-5;/h7-10,13-15H,6,11-12H2,1-5H3,(H2,21,22,23);1H. The fourth-order valence-corrected chi connectivity index (χ4v) is 3.18. The summed E-state index contributed by atoms with van der Waals surface area (Å²) >= 11 is 1.69. The quantitative estimate of drug-likeness (QED) is 0.293. The van der Waals surface area contributed by atoms with Crippen molar-refractivity contribution in [2.45, 2.75) is 46.3 Å². The van der Waals surface area contributed by atoms with E-state index in [1.807, 2.05) is 38.1 Å². The van der Waals surface area contributed by atoms with Gasteiger partial charge >= 0.3 is 0 Å². The van der Waals surface area contributed by atoms with E-state index in [0.29, 0.717) is 19.0 Å². The van der Waals surface area contributed by atoms with E-state index in [9.17, 15) is 0 Å². The SMILES string of the molecule is CCNC(=NCc1csc(C(C)C)n1)NCC(C)Oc1cccc(OC)c1.I. The molecule has 1 aromatic carbocycles. The van der Waals surface area contributed by atoms with Crippen molar-refractivity contribution < 1.29 is 9.47 Å². The van der Waals surface area contributed by atoms with Gasteiger partial charge in [-0.25, -0.2) is 9.98 Å². The Morgan fingerprint density at radius 3 is 2.61 bits per heavy atom. The zero-order valence-electron chi connectivity index (χ0n) is 17.2. The number of rotatable bonds is 9. The van der Waals surface area contributed by atoms with E-state index in [1.165, 1.54) is 0 Å². The zero-order valence-corrected chi connectivity index (χ0v) is 20.3. The monoisotopic (exact) mass is 518 g/mol. The molecule has 2 N–H and O–H groups in total. The third-order valence-corrected chi connectivity index (χ3v) is 4.94. The summed E-state index contributed by atoms with van der Waals surface area (Å²) in [5, 5.41) is 9.82. The first kappa shape index (κ1) is 24.5. The average Bonchev–Trinajstić information content (AvgIpc) is 3.13. The van der Waals surface area contributed by atoms with Gasteiger partial charge < -0.3 is 20.1 Å². The minimum Gasteiger partial charge on any atom is -0.497 e. The summed E-state index contributed by atoms with van der Waals surface area (Å²) in [6.45, 7) is 10.4. The fourth-order valence-electron chi connectivity index (χ4n) is 2.35. The molecule has 8 heteroatoms. The Kier molecular flexibility index (Phi) is 11.2. The van der Waals surface area contributed by atoms with Crippen molar-refractivity contribution in [2.24, 2.45) is 4.99 Å². The van der Waals surface area contributed by atoms with E-state index in [2.05, 4.69) is 39.8 Å². The number of ether oxygens (including phenoxy) is 2. The summed E-state index contributed by atoms with van der Waals surface area (Å²) in [6, 6.07) is 7.62. The number of hydrogen-bond acceptors (Lipinski definition) is 5. The van der Waals surface area contributed by atoms with Gasteiger partial charge in [-0.2, -0.15) is 0 Å². The molecular weight excluding hydrogens is 487 g/mol. The molecule has 0 saturated heterocycles. The first-order chi connectivity index (χ1) is 13.0. The van der Waals surface area contributed by atoms with E-state index in [0.717, 1.165) is 34.7 Å². The van der Waals surface area contributed by atoms with Crippen LogP contribution in [0, 0.1) is 0 Å². The van der Waals surface area contributed by atoms with Gasteiger partial charge in [0.05, 0.1) is 30.9 Å². The second-order valence-corrected chi connectivity index (χ2v) is 7.40. The van der Waals surface area contributed by atoms with Crippen LogP contribution in [0.15, 0.2) is 34.6 Å². The van der Waals surface area contributed by atoms with Crippen LogP contribution in [0.2, 0.25) is 0 Å². The van der Waals surface area contributed by atoms with E-state index >= 15 is 0 Å². The van der Waals surface area contributed by atoms with E-state index in [4.69, 9.17) is 9.47 Å².